The molecule has 0 radical (unpaired) electrons. The van der Waals surface area contributed by atoms with Crippen LogP contribution in [0.3, 0.4) is 0 Å². The van der Waals surface area contributed by atoms with Crippen LogP contribution in [0.1, 0.15) is 16.8 Å². The lowest BCUT2D eigenvalue weighted by Crippen LogP contribution is -2.38. The minimum absolute atomic E-state index is 0.310. The van der Waals surface area contributed by atoms with Gasteiger partial charge in [-0.2, -0.15) is 0 Å². The number of H-pyrrole nitrogens is 1. The normalized spacial score (nSPS) is 16.3. The third-order valence-corrected chi connectivity index (χ3v) is 5.61. The van der Waals surface area contributed by atoms with Gasteiger partial charge < -0.3 is 15.0 Å². The van der Waals surface area contributed by atoms with Crippen molar-refractivity contribution in [1.29, 1.82) is 0 Å². The van der Waals surface area contributed by atoms with Crippen molar-refractivity contribution in [1.82, 2.24) is 15.3 Å². The van der Waals surface area contributed by atoms with E-state index >= 15 is 0 Å². The predicted molar refractivity (Wildman–Crippen MR) is 114 cm³/mol. The van der Waals surface area contributed by atoms with E-state index in [1.54, 1.807) is 6.07 Å². The summed E-state index contributed by atoms with van der Waals surface area (Å²) in [6.07, 6.45) is 2.38. The third kappa shape index (κ3) is 3.17. The van der Waals surface area contributed by atoms with Crippen molar-refractivity contribution < 1.29 is 14.3 Å². The highest BCUT2D eigenvalue weighted by Crippen LogP contribution is 2.32. The maximum absolute atomic E-state index is 13.0. The van der Waals surface area contributed by atoms with Gasteiger partial charge in [0, 0.05) is 38.9 Å². The van der Waals surface area contributed by atoms with Gasteiger partial charge in [0.2, 0.25) is 0 Å². The first-order chi connectivity index (χ1) is 14.1. The summed E-state index contributed by atoms with van der Waals surface area (Å²) in [6, 6.07) is 14.6. The molecule has 0 saturated carbocycles. The molecule has 1 aliphatic heterocycles. The summed E-state index contributed by atoms with van der Waals surface area (Å²) < 4.78 is 5.92. The molecule has 3 heterocycles. The quantitative estimate of drug-likeness (QED) is 0.459. The second kappa shape index (κ2) is 7.00. The average Bonchev–Trinajstić information content (AvgIpc) is 3.33. The van der Waals surface area contributed by atoms with E-state index in [-0.39, 0.29) is 5.91 Å². The molecule has 29 heavy (non-hydrogen) atoms. The molecule has 6 nitrogen and oxygen atoms in total. The number of cyclic esters (lactones) is 1. The number of rotatable bonds is 3. The van der Waals surface area contributed by atoms with Gasteiger partial charge in [-0.15, -0.1) is 0 Å². The standard InChI is InChI=1S/C22H16BrN3O3/c23-12-5-6-17-14(9-12)16(11-24-17)20-10-15(13-3-1-2-4-18(13)25-20)21(27)26-19-7-8-29-22(19)28/h1-6,9-11,19,24H,7-8H2,(H,26,27). The lowest BCUT2D eigenvalue weighted by atomic mass is 10.0. The molecule has 5 rings (SSSR count). The molecule has 1 atom stereocenters. The number of para-hydroxylation sites is 1. The minimum Gasteiger partial charge on any atom is -0.464 e. The average molecular weight is 450 g/mol. The number of halogens is 1. The molecule has 1 fully saturated rings. The van der Waals surface area contributed by atoms with Crippen LogP contribution in [0.15, 0.2) is 59.2 Å². The molecule has 2 aromatic carbocycles. The van der Waals surface area contributed by atoms with Crippen LogP contribution >= 0.6 is 15.9 Å². The smallest absolute Gasteiger partial charge is 0.328 e. The molecule has 1 amide bonds. The molecule has 2 N–H and O–H groups in total. The summed E-state index contributed by atoms with van der Waals surface area (Å²) in [5, 5.41) is 4.54. The number of amides is 1. The summed E-state index contributed by atoms with van der Waals surface area (Å²) in [6.45, 7) is 0.330. The topological polar surface area (TPSA) is 84.1 Å². The molecule has 1 aliphatic rings. The van der Waals surface area contributed by atoms with E-state index in [1.807, 2.05) is 48.7 Å². The fraction of sp³-hybridized carbons (Fsp3) is 0.136. The van der Waals surface area contributed by atoms with Gasteiger partial charge in [-0.25, -0.2) is 9.78 Å². The van der Waals surface area contributed by atoms with E-state index in [0.717, 1.165) is 26.3 Å². The minimum atomic E-state index is -0.609. The number of aromatic nitrogens is 2. The summed E-state index contributed by atoms with van der Waals surface area (Å²) in [4.78, 5) is 32.8. The second-order valence-corrected chi connectivity index (χ2v) is 7.86. The first-order valence-electron chi connectivity index (χ1n) is 9.24. The van der Waals surface area contributed by atoms with Gasteiger partial charge in [0.05, 0.1) is 23.4 Å². The lowest BCUT2D eigenvalue weighted by Gasteiger charge is -2.12. The van der Waals surface area contributed by atoms with Crippen LogP contribution in [0, 0.1) is 0 Å². The van der Waals surface area contributed by atoms with Gasteiger partial charge in [-0.05, 0) is 30.3 Å². The zero-order chi connectivity index (χ0) is 20.0. The van der Waals surface area contributed by atoms with Gasteiger partial charge >= 0.3 is 5.97 Å². The predicted octanol–water partition coefficient (Wildman–Crippen LogP) is 4.19. The molecule has 0 aliphatic carbocycles. The molecule has 1 saturated heterocycles. The first-order valence-corrected chi connectivity index (χ1v) is 10.0. The number of ether oxygens (including phenoxy) is 1. The number of pyridine rings is 1. The summed E-state index contributed by atoms with van der Waals surface area (Å²) >= 11 is 3.51. The molecule has 7 heteroatoms. The number of hydrogen-bond acceptors (Lipinski definition) is 4. The number of nitrogens with zero attached hydrogens (tertiary/aromatic N) is 1. The molecule has 4 aromatic rings. The number of fused-ring (bicyclic) bond motifs is 2. The van der Waals surface area contributed by atoms with E-state index in [4.69, 9.17) is 9.72 Å². The Morgan fingerprint density at radius 3 is 2.86 bits per heavy atom. The van der Waals surface area contributed by atoms with Crippen molar-refractivity contribution >= 4 is 49.6 Å². The molecule has 0 spiro atoms. The molecule has 1 unspecified atom stereocenters. The van der Waals surface area contributed by atoms with Gasteiger partial charge in [0.25, 0.3) is 5.91 Å². The van der Waals surface area contributed by atoms with E-state index in [1.165, 1.54) is 0 Å². The zero-order valence-electron chi connectivity index (χ0n) is 15.2. The number of nitrogens with one attached hydrogen (secondary N) is 2. The van der Waals surface area contributed by atoms with Crippen molar-refractivity contribution in [2.45, 2.75) is 12.5 Å². The molecular formula is C22H16BrN3O3. The van der Waals surface area contributed by atoms with Crippen molar-refractivity contribution in [3.05, 3.63) is 64.8 Å². The molecular weight excluding hydrogens is 434 g/mol. The van der Waals surface area contributed by atoms with Crippen LogP contribution in [0.2, 0.25) is 0 Å². The fourth-order valence-electron chi connectivity index (χ4n) is 3.67. The van der Waals surface area contributed by atoms with E-state index in [9.17, 15) is 9.59 Å². The number of carbonyl (C=O) groups is 2. The maximum Gasteiger partial charge on any atom is 0.328 e. The number of aromatic amines is 1. The Morgan fingerprint density at radius 1 is 1.17 bits per heavy atom. The van der Waals surface area contributed by atoms with E-state index in [2.05, 4.69) is 26.2 Å². The van der Waals surface area contributed by atoms with Gasteiger partial charge in [-0.3, -0.25) is 4.79 Å². The van der Waals surface area contributed by atoms with E-state index in [0.29, 0.717) is 29.8 Å². The fourth-order valence-corrected chi connectivity index (χ4v) is 4.03. The summed E-state index contributed by atoms with van der Waals surface area (Å²) in [7, 11) is 0. The van der Waals surface area contributed by atoms with Crippen molar-refractivity contribution in [3.8, 4) is 11.3 Å². The SMILES string of the molecule is O=C(NC1CCOC1=O)c1cc(-c2c[nH]c3ccc(Br)cc23)nc2ccccc12. The Bertz CT molecular complexity index is 1280. The van der Waals surface area contributed by atoms with Crippen LogP contribution < -0.4 is 5.32 Å². The number of carbonyl (C=O) groups excluding carboxylic acids is 2. The summed E-state index contributed by atoms with van der Waals surface area (Å²) in [5.74, 6) is -0.701. The Kier molecular flexibility index (Phi) is 4.32. The Labute approximate surface area is 174 Å². The Morgan fingerprint density at radius 2 is 2.03 bits per heavy atom. The highest BCUT2D eigenvalue weighted by atomic mass is 79.9. The van der Waals surface area contributed by atoms with Crippen LogP contribution in [0.4, 0.5) is 0 Å². The van der Waals surface area contributed by atoms with Crippen molar-refractivity contribution in [2.75, 3.05) is 6.61 Å². The number of benzene rings is 2. The van der Waals surface area contributed by atoms with Crippen molar-refractivity contribution in [2.24, 2.45) is 0 Å². The van der Waals surface area contributed by atoms with E-state index < -0.39 is 12.0 Å². The number of hydrogen-bond donors (Lipinski definition) is 2. The van der Waals surface area contributed by atoms with Crippen LogP contribution in [0.5, 0.6) is 0 Å². The summed E-state index contributed by atoms with van der Waals surface area (Å²) in [5.41, 5.74) is 3.77. The van der Waals surface area contributed by atoms with Crippen LogP contribution in [-0.2, 0) is 9.53 Å². The number of esters is 1. The second-order valence-electron chi connectivity index (χ2n) is 6.95. The van der Waals surface area contributed by atoms with Crippen molar-refractivity contribution in [3.63, 3.8) is 0 Å². The van der Waals surface area contributed by atoms with Gasteiger partial charge in [0.15, 0.2) is 0 Å². The Hall–Kier alpha value is -3.19. The molecule has 144 valence electrons. The van der Waals surface area contributed by atoms with Crippen LogP contribution in [0.25, 0.3) is 33.1 Å². The highest BCUT2D eigenvalue weighted by Gasteiger charge is 2.29. The lowest BCUT2D eigenvalue weighted by molar-refractivity contribution is -0.139. The zero-order valence-corrected chi connectivity index (χ0v) is 16.8. The van der Waals surface area contributed by atoms with Crippen LogP contribution in [-0.4, -0.2) is 34.5 Å². The first kappa shape index (κ1) is 17.9. The maximum atomic E-state index is 13.0. The largest absolute Gasteiger partial charge is 0.464 e. The van der Waals surface area contributed by atoms with Gasteiger partial charge in [-0.1, -0.05) is 34.1 Å². The van der Waals surface area contributed by atoms with Gasteiger partial charge in [0.1, 0.15) is 6.04 Å². The molecule has 2 aromatic heterocycles. The highest BCUT2D eigenvalue weighted by molar-refractivity contribution is 9.10. The monoisotopic (exact) mass is 449 g/mol. The third-order valence-electron chi connectivity index (χ3n) is 5.12. The Balaban J connectivity index is 1.64. The molecule has 0 bridgehead atoms.